The Labute approximate surface area is 118 Å². The zero-order chi connectivity index (χ0) is 16.2. The molecule has 0 radical (unpaired) electrons. The van der Waals surface area contributed by atoms with Crippen molar-refractivity contribution >= 4 is 0 Å². The van der Waals surface area contributed by atoms with E-state index < -0.39 is 72.8 Å². The minimum absolute atomic E-state index is 2.01. The number of rotatable bonds is 1. The molecule has 11 unspecified atom stereocenters. The maximum absolute atomic E-state index is 14.1. The van der Waals surface area contributed by atoms with Gasteiger partial charge in [-0.05, 0) is 0 Å². The predicted octanol–water partition coefficient (Wildman–Crippen LogP) is 2.40. The van der Waals surface area contributed by atoms with Crippen molar-refractivity contribution < 1.29 is 44.6 Å². The van der Waals surface area contributed by atoms with Gasteiger partial charge in [0.05, 0.1) is 0 Å². The highest BCUT2D eigenvalue weighted by Gasteiger charge is 2.81. The first-order valence-corrected chi connectivity index (χ1v) is 6.72. The van der Waals surface area contributed by atoms with Crippen molar-refractivity contribution in [3.8, 4) is 0 Å². The number of hydrogen-bond donors (Lipinski definition) is 0. The average molecular weight is 338 g/mol. The molecule has 0 aromatic heterocycles. The van der Waals surface area contributed by atoms with Gasteiger partial charge in [0, 0.05) is 11.8 Å². The van der Waals surface area contributed by atoms with E-state index in [-0.39, 0.29) is 0 Å². The molecule has 0 aromatic carbocycles. The van der Waals surface area contributed by atoms with E-state index in [0.717, 1.165) is 0 Å². The van der Waals surface area contributed by atoms with E-state index in [1.807, 2.05) is 0 Å². The molecule has 0 N–H and O–H groups in total. The van der Waals surface area contributed by atoms with Crippen molar-refractivity contribution in [2.75, 3.05) is 0 Å². The summed E-state index contributed by atoms with van der Waals surface area (Å²) < 4.78 is 119. The topological polar surface area (TPSA) is 25.1 Å². The Morgan fingerprint density at radius 1 is 0.545 bits per heavy atom. The summed E-state index contributed by atoms with van der Waals surface area (Å²) in [5, 5.41) is 0. The largest absolute Gasteiger partial charge is 0.329 e. The Kier molecular flexibility index (Phi) is 2.75. The molecule has 2 aliphatic carbocycles. The number of halogens is 8. The molecule has 2 heterocycles. The molecule has 2 aliphatic heterocycles. The lowest BCUT2D eigenvalue weighted by Crippen LogP contribution is -2.60. The van der Waals surface area contributed by atoms with Crippen LogP contribution in [0.3, 0.4) is 0 Å². The number of fused-ring (bicyclic) bond motifs is 2. The molecular formula is C12H10F8O2. The molecular weight excluding hydrogens is 328 g/mol. The first-order valence-electron chi connectivity index (χ1n) is 6.72. The van der Waals surface area contributed by atoms with Crippen LogP contribution in [-0.2, 0) is 9.47 Å². The first-order chi connectivity index (χ1) is 10.1. The lowest BCUT2D eigenvalue weighted by Gasteiger charge is -2.41. The normalized spacial score (nSPS) is 69.8. The van der Waals surface area contributed by atoms with Crippen LogP contribution in [0.1, 0.15) is 0 Å². The molecule has 0 amide bonds. The van der Waals surface area contributed by atoms with Crippen LogP contribution < -0.4 is 0 Å². The van der Waals surface area contributed by atoms with Crippen molar-refractivity contribution in [3.05, 3.63) is 0 Å². The van der Waals surface area contributed by atoms with Gasteiger partial charge >= 0.3 is 0 Å². The molecule has 12 atom stereocenters. The highest BCUT2D eigenvalue weighted by molar-refractivity contribution is 5.21. The summed E-state index contributed by atoms with van der Waals surface area (Å²) in [6, 6.07) is 0. The van der Waals surface area contributed by atoms with Crippen LogP contribution >= 0.6 is 0 Å². The zero-order valence-corrected chi connectivity index (χ0v) is 10.6. The van der Waals surface area contributed by atoms with Gasteiger partial charge in [0.1, 0.15) is 12.3 Å². The summed E-state index contributed by atoms with van der Waals surface area (Å²) in [7, 11) is 0. The number of hydrogen-bond acceptors (Lipinski definition) is 2. The van der Waals surface area contributed by atoms with Gasteiger partial charge in [-0.1, -0.05) is 0 Å². The monoisotopic (exact) mass is 338 g/mol. The van der Waals surface area contributed by atoms with Crippen molar-refractivity contribution in [1.29, 1.82) is 0 Å². The zero-order valence-electron chi connectivity index (χ0n) is 10.6. The molecule has 0 bridgehead atoms. The van der Waals surface area contributed by atoms with E-state index in [1.54, 1.807) is 0 Å². The SMILES string of the molecule is FC1C(F)C2OC2(F)C(F)C1C1C(F)C(F)C2O[C@@]2(F)C1F. The highest BCUT2D eigenvalue weighted by atomic mass is 19.2. The Balaban J connectivity index is 1.69. The second-order valence-electron chi connectivity index (χ2n) is 6.21. The smallest absolute Gasteiger partial charge is 0.271 e. The minimum atomic E-state index is -3.22. The van der Waals surface area contributed by atoms with Crippen LogP contribution in [0.25, 0.3) is 0 Å². The molecule has 4 rings (SSSR count). The molecule has 4 fully saturated rings. The lowest BCUT2D eigenvalue weighted by molar-refractivity contribution is -0.132. The van der Waals surface area contributed by atoms with Gasteiger partial charge in [-0.15, -0.1) is 0 Å². The third-order valence-corrected chi connectivity index (χ3v) is 5.07. The van der Waals surface area contributed by atoms with Gasteiger partial charge in [0.15, 0.2) is 36.9 Å². The van der Waals surface area contributed by atoms with E-state index in [9.17, 15) is 35.1 Å². The highest BCUT2D eigenvalue weighted by Crippen LogP contribution is 2.61. The van der Waals surface area contributed by atoms with Crippen LogP contribution in [0.2, 0.25) is 0 Å². The van der Waals surface area contributed by atoms with Crippen LogP contribution in [0.4, 0.5) is 35.1 Å². The molecule has 4 aliphatic rings. The fourth-order valence-electron chi connectivity index (χ4n) is 3.75. The number of alkyl halides is 8. The standard InChI is InChI=1S/C12H10F8O2/c13-3-1(7(17)11(19)9(21-11)5(3)15)2-4(14)6(16)10-12(20,22-10)8(2)18/h1-10H/t1?,2?,3?,4?,5?,6?,7?,8?,9?,10?,11-,12?/m0/s1. The molecule has 2 saturated carbocycles. The third kappa shape index (κ3) is 1.53. The molecule has 126 valence electrons. The van der Waals surface area contributed by atoms with E-state index in [0.29, 0.717) is 0 Å². The summed E-state index contributed by atoms with van der Waals surface area (Å²) >= 11 is 0. The predicted molar refractivity (Wildman–Crippen MR) is 53.8 cm³/mol. The van der Waals surface area contributed by atoms with Crippen LogP contribution in [0, 0.1) is 11.8 Å². The second kappa shape index (κ2) is 4.06. The summed E-state index contributed by atoms with van der Waals surface area (Å²) in [6.07, 6.45) is -20.9. The Morgan fingerprint density at radius 2 is 0.864 bits per heavy atom. The maximum atomic E-state index is 14.1. The van der Waals surface area contributed by atoms with Gasteiger partial charge < -0.3 is 9.47 Å². The average Bonchev–Trinajstić information content (AvgIpc) is 3.35. The van der Waals surface area contributed by atoms with Crippen molar-refractivity contribution in [1.82, 2.24) is 0 Å². The fraction of sp³-hybridized carbons (Fsp3) is 1.00. The third-order valence-electron chi connectivity index (χ3n) is 5.07. The Hall–Kier alpha value is -0.640. The quantitative estimate of drug-likeness (QED) is 0.542. The van der Waals surface area contributed by atoms with E-state index >= 15 is 0 Å². The summed E-state index contributed by atoms with van der Waals surface area (Å²) in [5.41, 5.74) is 0. The number of ether oxygens (including phenoxy) is 2. The lowest BCUT2D eigenvalue weighted by atomic mass is 9.68. The Bertz CT molecular complexity index is 466. The molecule has 0 spiro atoms. The van der Waals surface area contributed by atoms with Crippen LogP contribution in [0.15, 0.2) is 0 Å². The summed E-state index contributed by atoms with van der Waals surface area (Å²) in [4.78, 5) is 0. The second-order valence-corrected chi connectivity index (χ2v) is 6.21. The molecule has 10 heteroatoms. The fourth-order valence-corrected chi connectivity index (χ4v) is 3.75. The molecule has 2 nitrogen and oxygen atoms in total. The van der Waals surface area contributed by atoms with Crippen molar-refractivity contribution in [2.24, 2.45) is 11.8 Å². The summed E-state index contributed by atoms with van der Waals surface area (Å²) in [5.74, 6) is -11.6. The van der Waals surface area contributed by atoms with Crippen LogP contribution in [-0.4, -0.2) is 60.9 Å². The van der Waals surface area contributed by atoms with E-state index in [4.69, 9.17) is 0 Å². The molecule has 22 heavy (non-hydrogen) atoms. The van der Waals surface area contributed by atoms with Gasteiger partial charge in [0.2, 0.25) is 0 Å². The first kappa shape index (κ1) is 14.9. The molecule has 0 aromatic rings. The minimum Gasteiger partial charge on any atom is -0.329 e. The summed E-state index contributed by atoms with van der Waals surface area (Å²) in [6.45, 7) is 0. The van der Waals surface area contributed by atoms with E-state index in [2.05, 4.69) is 9.47 Å². The molecule has 2 saturated heterocycles. The van der Waals surface area contributed by atoms with Gasteiger partial charge in [0.25, 0.3) is 11.7 Å². The van der Waals surface area contributed by atoms with Gasteiger partial charge in [-0.2, -0.15) is 0 Å². The van der Waals surface area contributed by atoms with Crippen molar-refractivity contribution in [3.63, 3.8) is 0 Å². The van der Waals surface area contributed by atoms with Gasteiger partial charge in [-0.3, -0.25) is 0 Å². The van der Waals surface area contributed by atoms with Crippen LogP contribution in [0.5, 0.6) is 0 Å². The Morgan fingerprint density at radius 3 is 1.18 bits per heavy atom. The van der Waals surface area contributed by atoms with Gasteiger partial charge in [-0.25, -0.2) is 35.1 Å². The maximum Gasteiger partial charge on any atom is 0.271 e. The van der Waals surface area contributed by atoms with Crippen molar-refractivity contribution in [2.45, 2.75) is 60.9 Å². The van der Waals surface area contributed by atoms with E-state index in [1.165, 1.54) is 0 Å². The number of epoxide rings is 2.